The molecule has 0 atom stereocenters. The smallest absolute Gasteiger partial charge is 0.398 e. The lowest BCUT2D eigenvalue weighted by Gasteiger charge is -2.05. The van der Waals surface area contributed by atoms with E-state index >= 15 is 0 Å². The fourth-order valence-corrected chi connectivity index (χ4v) is 0.424. The molecule has 0 rings (SSSR count). The van der Waals surface area contributed by atoms with E-state index in [0.717, 1.165) is 0 Å². The maximum Gasteiger partial charge on any atom is 0.398 e. The molecule has 0 fully saturated rings. The van der Waals surface area contributed by atoms with E-state index in [1.54, 1.807) is 6.92 Å². The van der Waals surface area contributed by atoms with Gasteiger partial charge in [-0.2, -0.15) is 0 Å². The molecule has 0 bridgehead atoms. The van der Waals surface area contributed by atoms with Gasteiger partial charge in [0.1, 0.15) is 0 Å². The Bertz CT molecular complexity index is 216. The summed E-state index contributed by atoms with van der Waals surface area (Å²) in [5.41, 5.74) is 5.97. The van der Waals surface area contributed by atoms with Crippen LogP contribution >= 0.6 is 0 Å². The first-order valence-electron chi connectivity index (χ1n) is 3.56. The number of amides is 2. The standard InChI is InChI=1S/C6H11N3O4/c1-3-13-6(12)5(11)8-9-7-4(2)10/h9H,3H2,1-2H3,(H,7,10)(H,8,11). The molecule has 7 nitrogen and oxygen atoms in total. The molecule has 2 amide bonds. The Kier molecular flexibility index (Phi) is 5.20. The Balaban J connectivity index is 3.62. The summed E-state index contributed by atoms with van der Waals surface area (Å²) in [5, 5.41) is 0. The number of carbonyl (C=O) groups is 3. The zero-order valence-corrected chi connectivity index (χ0v) is 7.34. The van der Waals surface area contributed by atoms with E-state index in [1.165, 1.54) is 6.92 Å². The number of hydrogen-bond donors (Lipinski definition) is 3. The second kappa shape index (κ2) is 5.95. The summed E-state index contributed by atoms with van der Waals surface area (Å²) in [5.74, 6) is -2.39. The molecule has 0 aromatic carbocycles. The highest BCUT2D eigenvalue weighted by atomic mass is 16.5. The van der Waals surface area contributed by atoms with Crippen molar-refractivity contribution in [2.45, 2.75) is 13.8 Å². The molecular formula is C6H11N3O4. The minimum absolute atomic E-state index is 0.117. The van der Waals surface area contributed by atoms with E-state index in [0.29, 0.717) is 0 Å². The molecule has 3 N–H and O–H groups in total. The first-order chi connectivity index (χ1) is 6.07. The molecular weight excluding hydrogens is 178 g/mol. The van der Waals surface area contributed by atoms with Crippen molar-refractivity contribution in [1.82, 2.24) is 16.4 Å². The van der Waals surface area contributed by atoms with E-state index in [-0.39, 0.29) is 6.61 Å². The maximum absolute atomic E-state index is 10.7. The number of carbonyl (C=O) groups excluding carboxylic acids is 3. The van der Waals surface area contributed by atoms with Crippen molar-refractivity contribution in [2.24, 2.45) is 0 Å². The van der Waals surface area contributed by atoms with Gasteiger partial charge in [0, 0.05) is 6.92 Å². The Hall–Kier alpha value is -1.63. The first kappa shape index (κ1) is 11.4. The Morgan fingerprint density at radius 2 is 1.85 bits per heavy atom. The minimum Gasteiger partial charge on any atom is -0.459 e. The molecule has 0 heterocycles. The number of hydrazine groups is 2. The van der Waals surface area contributed by atoms with Crippen LogP contribution in [0.25, 0.3) is 0 Å². The van der Waals surface area contributed by atoms with Gasteiger partial charge in [0.25, 0.3) is 0 Å². The predicted molar refractivity (Wildman–Crippen MR) is 41.7 cm³/mol. The molecule has 0 aliphatic heterocycles. The molecule has 0 saturated heterocycles. The number of rotatable bonds is 3. The van der Waals surface area contributed by atoms with Crippen LogP contribution in [0.2, 0.25) is 0 Å². The number of hydrogen-bond acceptors (Lipinski definition) is 5. The van der Waals surface area contributed by atoms with Crippen molar-refractivity contribution in [3.05, 3.63) is 0 Å². The number of nitrogens with one attached hydrogen (secondary N) is 3. The van der Waals surface area contributed by atoms with E-state index in [9.17, 15) is 14.4 Å². The highest BCUT2D eigenvalue weighted by molar-refractivity contribution is 6.32. The third kappa shape index (κ3) is 5.62. The quantitative estimate of drug-likeness (QED) is 0.277. The van der Waals surface area contributed by atoms with Gasteiger partial charge in [-0.05, 0) is 6.92 Å². The van der Waals surface area contributed by atoms with E-state index in [2.05, 4.69) is 4.74 Å². The molecule has 0 aromatic heterocycles. The molecule has 7 heteroatoms. The molecule has 0 saturated carbocycles. The summed E-state index contributed by atoms with van der Waals surface area (Å²) in [7, 11) is 0. The molecule has 0 aromatic rings. The summed E-state index contributed by atoms with van der Waals surface area (Å²) >= 11 is 0. The maximum atomic E-state index is 10.7. The van der Waals surface area contributed by atoms with Crippen LogP contribution in [0.3, 0.4) is 0 Å². The second-order valence-electron chi connectivity index (χ2n) is 1.98. The molecule has 0 aliphatic carbocycles. The van der Waals surface area contributed by atoms with Crippen molar-refractivity contribution in [3.63, 3.8) is 0 Å². The summed E-state index contributed by atoms with van der Waals surface area (Å²) in [6.07, 6.45) is 0. The lowest BCUT2D eigenvalue weighted by atomic mass is 10.6. The van der Waals surface area contributed by atoms with Crippen LogP contribution in [0.4, 0.5) is 0 Å². The van der Waals surface area contributed by atoms with Crippen LogP contribution in [0.5, 0.6) is 0 Å². The van der Waals surface area contributed by atoms with Gasteiger partial charge in [-0.15, -0.1) is 5.53 Å². The fraction of sp³-hybridized carbons (Fsp3) is 0.500. The molecule has 0 spiro atoms. The third-order valence-corrected chi connectivity index (χ3v) is 0.875. The molecule has 13 heavy (non-hydrogen) atoms. The lowest BCUT2D eigenvalue weighted by molar-refractivity contribution is -0.155. The van der Waals surface area contributed by atoms with Gasteiger partial charge in [0.15, 0.2) is 0 Å². The highest BCUT2D eigenvalue weighted by Gasteiger charge is 2.13. The van der Waals surface area contributed by atoms with Crippen molar-refractivity contribution in [2.75, 3.05) is 6.61 Å². The van der Waals surface area contributed by atoms with Crippen LogP contribution in [-0.4, -0.2) is 24.4 Å². The average molecular weight is 189 g/mol. The predicted octanol–water partition coefficient (Wildman–Crippen LogP) is -1.78. The largest absolute Gasteiger partial charge is 0.459 e. The van der Waals surface area contributed by atoms with Crippen molar-refractivity contribution >= 4 is 17.8 Å². The fourth-order valence-electron chi connectivity index (χ4n) is 0.424. The Morgan fingerprint density at radius 3 is 2.31 bits per heavy atom. The second-order valence-corrected chi connectivity index (χ2v) is 1.98. The summed E-state index contributed by atoms with van der Waals surface area (Å²) < 4.78 is 4.36. The summed E-state index contributed by atoms with van der Waals surface area (Å²) in [6.45, 7) is 2.93. The highest BCUT2D eigenvalue weighted by Crippen LogP contribution is 1.75. The Morgan fingerprint density at radius 1 is 1.23 bits per heavy atom. The lowest BCUT2D eigenvalue weighted by Crippen LogP contribution is -2.50. The Labute approximate surface area is 74.8 Å². The van der Waals surface area contributed by atoms with E-state index in [4.69, 9.17) is 0 Å². The summed E-state index contributed by atoms with van der Waals surface area (Å²) in [6, 6.07) is 0. The van der Waals surface area contributed by atoms with Gasteiger partial charge in [-0.1, -0.05) is 0 Å². The van der Waals surface area contributed by atoms with Crippen LogP contribution in [0.1, 0.15) is 13.8 Å². The van der Waals surface area contributed by atoms with Crippen LogP contribution in [0, 0.1) is 0 Å². The third-order valence-electron chi connectivity index (χ3n) is 0.875. The topological polar surface area (TPSA) is 96.5 Å². The normalized spacial score (nSPS) is 8.77. The molecule has 74 valence electrons. The van der Waals surface area contributed by atoms with Gasteiger partial charge in [-0.3, -0.25) is 20.4 Å². The summed E-state index contributed by atoms with van der Waals surface area (Å²) in [4.78, 5) is 31.6. The van der Waals surface area contributed by atoms with Gasteiger partial charge in [-0.25, -0.2) is 4.79 Å². The molecule has 0 unspecified atom stereocenters. The molecule has 0 aliphatic rings. The van der Waals surface area contributed by atoms with Crippen LogP contribution in [-0.2, 0) is 19.1 Å². The van der Waals surface area contributed by atoms with Gasteiger partial charge in [0.05, 0.1) is 6.61 Å². The van der Waals surface area contributed by atoms with Crippen LogP contribution in [0.15, 0.2) is 0 Å². The van der Waals surface area contributed by atoms with Crippen molar-refractivity contribution in [3.8, 4) is 0 Å². The monoisotopic (exact) mass is 189 g/mol. The van der Waals surface area contributed by atoms with Gasteiger partial charge in [0.2, 0.25) is 5.91 Å². The number of esters is 1. The molecule has 0 radical (unpaired) electrons. The van der Waals surface area contributed by atoms with Crippen LogP contribution < -0.4 is 16.4 Å². The average Bonchev–Trinajstić information content (AvgIpc) is 2.04. The SMILES string of the molecule is CCOC(=O)C(=O)NNNC(C)=O. The van der Waals surface area contributed by atoms with Gasteiger partial charge >= 0.3 is 11.9 Å². The minimum atomic E-state index is -1.01. The first-order valence-corrected chi connectivity index (χ1v) is 3.56. The number of ether oxygens (including phenoxy) is 1. The zero-order chi connectivity index (χ0) is 10.3. The van der Waals surface area contributed by atoms with E-state index < -0.39 is 17.8 Å². The zero-order valence-electron chi connectivity index (χ0n) is 7.34. The van der Waals surface area contributed by atoms with Gasteiger partial charge < -0.3 is 4.74 Å². The van der Waals surface area contributed by atoms with Crippen molar-refractivity contribution < 1.29 is 19.1 Å². The van der Waals surface area contributed by atoms with E-state index in [1.807, 2.05) is 16.4 Å². The van der Waals surface area contributed by atoms with Crippen molar-refractivity contribution in [1.29, 1.82) is 0 Å².